The summed E-state index contributed by atoms with van der Waals surface area (Å²) in [5.74, 6) is -0.863. The maximum atomic E-state index is 13.8. The molecule has 0 bridgehead atoms. The smallest absolute Gasteiger partial charge is 0.282 e. The Balaban J connectivity index is 2.08. The summed E-state index contributed by atoms with van der Waals surface area (Å²) in [6.07, 6.45) is 3.17. The lowest BCUT2D eigenvalue weighted by molar-refractivity contribution is 0.0973. The molecule has 0 aliphatic rings. The van der Waals surface area contributed by atoms with Crippen molar-refractivity contribution in [3.63, 3.8) is 0 Å². The number of pyridine rings is 1. The highest BCUT2D eigenvalue weighted by Crippen LogP contribution is 2.36. The van der Waals surface area contributed by atoms with Crippen molar-refractivity contribution in [1.82, 2.24) is 14.3 Å². The number of hydrogen-bond donors (Lipinski definition) is 4. The minimum atomic E-state index is -3.99. The van der Waals surface area contributed by atoms with Crippen LogP contribution in [0.25, 0.3) is 22.0 Å². The number of halogens is 1. The van der Waals surface area contributed by atoms with E-state index in [1.165, 1.54) is 20.0 Å². The van der Waals surface area contributed by atoms with Gasteiger partial charge in [-0.25, -0.2) is 13.1 Å². The fourth-order valence-electron chi connectivity index (χ4n) is 4.37. The third-order valence-electron chi connectivity index (χ3n) is 6.33. The van der Waals surface area contributed by atoms with Gasteiger partial charge in [0.15, 0.2) is 0 Å². The molecule has 0 fully saturated rings. The van der Waals surface area contributed by atoms with Gasteiger partial charge in [-0.05, 0) is 73.9 Å². The minimum Gasteiger partial charge on any atom is -0.331 e. The number of rotatable bonds is 9. The number of amides is 1. The molecule has 4 rings (SSSR count). The molecule has 0 spiro atoms. The Morgan fingerprint density at radius 3 is 2.58 bits per heavy atom. The van der Waals surface area contributed by atoms with Gasteiger partial charge in [0.2, 0.25) is 10.0 Å². The highest BCUT2D eigenvalue weighted by molar-refractivity contribution is 7.90. The predicted molar refractivity (Wildman–Crippen MR) is 149 cm³/mol. The van der Waals surface area contributed by atoms with Crippen LogP contribution in [-0.2, 0) is 23.0 Å². The van der Waals surface area contributed by atoms with Crippen molar-refractivity contribution in [2.45, 2.75) is 45.4 Å². The molecular weight excluding hydrogens is 528 g/mol. The van der Waals surface area contributed by atoms with Gasteiger partial charge in [-0.1, -0.05) is 31.0 Å². The van der Waals surface area contributed by atoms with Crippen molar-refractivity contribution in [1.29, 1.82) is 0 Å². The van der Waals surface area contributed by atoms with Crippen LogP contribution in [0.2, 0.25) is 5.02 Å². The van der Waals surface area contributed by atoms with Crippen LogP contribution in [0.1, 0.15) is 48.8 Å². The Kier molecular flexibility index (Phi) is 7.96. The summed E-state index contributed by atoms with van der Waals surface area (Å²) in [5.41, 5.74) is 4.81. The molecule has 4 aromatic rings. The van der Waals surface area contributed by atoms with Crippen LogP contribution in [0.15, 0.2) is 59.5 Å². The second kappa shape index (κ2) is 11.0. The lowest BCUT2D eigenvalue weighted by Crippen LogP contribution is -2.37. The van der Waals surface area contributed by atoms with Gasteiger partial charge < -0.3 is 9.55 Å². The average molecular weight is 557 g/mol. The number of nitrogens with zero attached hydrogens (tertiary/aromatic N) is 1. The molecular formula is C27H29ClN4O5S. The predicted octanol–water partition coefficient (Wildman–Crippen LogP) is 4.92. The van der Waals surface area contributed by atoms with Crippen LogP contribution in [0.3, 0.4) is 0 Å². The van der Waals surface area contributed by atoms with Crippen LogP contribution < -0.4 is 15.8 Å². The SMILES string of the molecule is CCCc1ccc2c(c1)c(-c1ccc[nH]c1=O)c(C(=O)NS(=O)(=O)C(C)C)n2Cc1cc(NO)ccc1Cl. The standard InChI is InChI=1S/C27H29ClN4O5S/c1-4-6-17-8-11-23-21(13-17)24(20-7-5-12-29-26(20)33)25(27(34)31-38(36,37)16(2)3)32(23)15-18-14-19(30-35)9-10-22(18)28/h5,7-14,16,30,35H,4,6,15H2,1-3H3,(H,29,33)(H,31,34). The molecule has 4 N–H and O–H groups in total. The number of carbonyl (C=O) groups excluding carboxylic acids is 1. The van der Waals surface area contributed by atoms with Crippen molar-refractivity contribution in [3.05, 3.63) is 86.9 Å². The zero-order valence-electron chi connectivity index (χ0n) is 21.2. The Labute approximate surface area is 225 Å². The number of hydrogen-bond acceptors (Lipinski definition) is 6. The lowest BCUT2D eigenvalue weighted by atomic mass is 10.0. The largest absolute Gasteiger partial charge is 0.331 e. The van der Waals surface area contributed by atoms with Gasteiger partial charge >= 0.3 is 0 Å². The van der Waals surface area contributed by atoms with Gasteiger partial charge in [0, 0.05) is 39.8 Å². The average Bonchev–Trinajstić information content (AvgIpc) is 3.18. The quantitative estimate of drug-likeness (QED) is 0.216. The number of fused-ring (bicyclic) bond motifs is 1. The Hall–Kier alpha value is -3.60. The number of aromatic amines is 1. The fraction of sp³-hybridized carbons (Fsp3) is 0.259. The highest BCUT2D eigenvalue weighted by Gasteiger charge is 2.29. The monoisotopic (exact) mass is 556 g/mol. The number of anilines is 1. The summed E-state index contributed by atoms with van der Waals surface area (Å²) in [6.45, 7) is 5.06. The van der Waals surface area contributed by atoms with E-state index in [9.17, 15) is 23.2 Å². The number of H-pyrrole nitrogens is 1. The number of aryl methyl sites for hydroxylation is 1. The van der Waals surface area contributed by atoms with E-state index in [-0.39, 0.29) is 17.8 Å². The third-order valence-corrected chi connectivity index (χ3v) is 8.41. The van der Waals surface area contributed by atoms with Crippen LogP contribution in [0.4, 0.5) is 5.69 Å². The molecule has 0 saturated heterocycles. The molecule has 0 saturated carbocycles. The van der Waals surface area contributed by atoms with Crippen molar-refractivity contribution in [2.24, 2.45) is 0 Å². The second-order valence-corrected chi connectivity index (χ2v) is 11.9. The zero-order chi connectivity index (χ0) is 27.6. The molecule has 2 aromatic heterocycles. The molecule has 38 heavy (non-hydrogen) atoms. The number of benzene rings is 2. The molecule has 9 nitrogen and oxygen atoms in total. The highest BCUT2D eigenvalue weighted by atomic mass is 35.5. The summed E-state index contributed by atoms with van der Waals surface area (Å²) in [6, 6.07) is 13.8. The van der Waals surface area contributed by atoms with E-state index in [4.69, 9.17) is 11.6 Å². The van der Waals surface area contributed by atoms with Crippen molar-refractivity contribution < 1.29 is 18.4 Å². The minimum absolute atomic E-state index is 0.00741. The van der Waals surface area contributed by atoms with Gasteiger partial charge in [-0.3, -0.25) is 20.3 Å². The van der Waals surface area contributed by atoms with E-state index in [1.54, 1.807) is 34.9 Å². The van der Waals surface area contributed by atoms with E-state index in [0.29, 0.717) is 32.7 Å². The molecule has 1 amide bonds. The molecule has 0 radical (unpaired) electrons. The van der Waals surface area contributed by atoms with Crippen molar-refractivity contribution in [3.8, 4) is 11.1 Å². The first-order chi connectivity index (χ1) is 18.1. The lowest BCUT2D eigenvalue weighted by Gasteiger charge is -2.15. The van der Waals surface area contributed by atoms with Gasteiger partial charge in [-0.15, -0.1) is 0 Å². The number of nitrogens with one attached hydrogen (secondary N) is 3. The molecule has 200 valence electrons. The van der Waals surface area contributed by atoms with Gasteiger partial charge in [0.1, 0.15) is 5.69 Å². The van der Waals surface area contributed by atoms with Gasteiger partial charge in [-0.2, -0.15) is 0 Å². The fourth-order valence-corrected chi connectivity index (χ4v) is 5.14. The van der Waals surface area contributed by atoms with E-state index in [0.717, 1.165) is 18.4 Å². The number of carbonyl (C=O) groups is 1. The Morgan fingerprint density at radius 2 is 1.92 bits per heavy atom. The Bertz CT molecular complexity index is 1670. The maximum absolute atomic E-state index is 13.8. The van der Waals surface area contributed by atoms with Gasteiger partial charge in [0.25, 0.3) is 11.5 Å². The summed E-state index contributed by atoms with van der Waals surface area (Å²) >= 11 is 6.48. The van der Waals surface area contributed by atoms with E-state index < -0.39 is 26.7 Å². The third kappa shape index (κ3) is 5.33. The van der Waals surface area contributed by atoms with E-state index in [2.05, 4.69) is 22.1 Å². The molecule has 0 aliphatic heterocycles. The molecule has 0 unspecified atom stereocenters. The van der Waals surface area contributed by atoms with E-state index in [1.807, 2.05) is 18.2 Å². The number of sulfonamides is 1. The number of aromatic nitrogens is 2. The summed E-state index contributed by atoms with van der Waals surface area (Å²) < 4.78 is 29.3. The van der Waals surface area contributed by atoms with Crippen LogP contribution in [-0.4, -0.2) is 34.3 Å². The topological polar surface area (TPSA) is 133 Å². The van der Waals surface area contributed by atoms with Crippen LogP contribution in [0.5, 0.6) is 0 Å². The van der Waals surface area contributed by atoms with Crippen molar-refractivity contribution in [2.75, 3.05) is 5.48 Å². The summed E-state index contributed by atoms with van der Waals surface area (Å²) in [4.78, 5) is 29.4. The first-order valence-corrected chi connectivity index (χ1v) is 14.1. The van der Waals surface area contributed by atoms with Crippen molar-refractivity contribution >= 4 is 44.1 Å². The molecule has 0 atom stereocenters. The zero-order valence-corrected chi connectivity index (χ0v) is 22.8. The summed E-state index contributed by atoms with van der Waals surface area (Å²) in [7, 11) is -3.99. The summed E-state index contributed by atoms with van der Waals surface area (Å²) in [5, 5.41) is 9.57. The molecule has 2 aromatic carbocycles. The second-order valence-electron chi connectivity index (χ2n) is 9.27. The van der Waals surface area contributed by atoms with Crippen LogP contribution >= 0.6 is 11.6 Å². The van der Waals surface area contributed by atoms with E-state index >= 15 is 0 Å². The maximum Gasteiger partial charge on any atom is 0.282 e. The molecule has 11 heteroatoms. The normalized spacial score (nSPS) is 11.7. The first kappa shape index (κ1) is 27.4. The Morgan fingerprint density at radius 1 is 1.16 bits per heavy atom. The molecule has 2 heterocycles. The van der Waals surface area contributed by atoms with Gasteiger partial charge in [0.05, 0.1) is 10.9 Å². The molecule has 0 aliphatic carbocycles. The first-order valence-electron chi connectivity index (χ1n) is 12.1. The van der Waals surface area contributed by atoms with Crippen LogP contribution in [0, 0.1) is 0 Å².